The summed E-state index contributed by atoms with van der Waals surface area (Å²) < 4.78 is 5.16. The number of hydrogen-bond donors (Lipinski definition) is 1. The number of rotatable bonds is 6. The van der Waals surface area contributed by atoms with Gasteiger partial charge in [-0.1, -0.05) is 41.9 Å². The molecule has 0 fully saturated rings. The number of hydrogen-bond acceptors (Lipinski definition) is 7. The van der Waals surface area contributed by atoms with E-state index in [0.29, 0.717) is 11.4 Å². The minimum Gasteiger partial charge on any atom is -0.452 e. The molecule has 0 spiro atoms. The van der Waals surface area contributed by atoms with Crippen molar-refractivity contribution in [2.75, 3.05) is 23.4 Å². The number of benzene rings is 3. The molecule has 1 heterocycles. The maximum atomic E-state index is 13.0. The minimum absolute atomic E-state index is 0.0478. The summed E-state index contributed by atoms with van der Waals surface area (Å²) in [7, 11) is 0. The number of nitro groups is 1. The molecule has 0 radical (unpaired) electrons. The van der Waals surface area contributed by atoms with E-state index in [0.717, 1.165) is 6.07 Å². The highest BCUT2D eigenvalue weighted by Crippen LogP contribution is 2.29. The second-order valence-electron chi connectivity index (χ2n) is 7.42. The molecule has 0 aliphatic carbocycles. The number of para-hydroxylation sites is 2. The summed E-state index contributed by atoms with van der Waals surface area (Å²) in [4.78, 5) is 62.1. The third kappa shape index (κ3) is 4.87. The molecule has 0 aromatic heterocycles. The molecule has 0 atom stereocenters. The smallest absolute Gasteiger partial charge is 0.339 e. The highest BCUT2D eigenvalue weighted by molar-refractivity contribution is 6.33. The third-order valence-corrected chi connectivity index (χ3v) is 5.51. The van der Waals surface area contributed by atoms with Crippen molar-refractivity contribution in [1.82, 2.24) is 0 Å². The highest BCUT2D eigenvalue weighted by atomic mass is 35.5. The Labute approximate surface area is 203 Å². The quantitative estimate of drug-likeness (QED) is 0.239. The van der Waals surface area contributed by atoms with Gasteiger partial charge in [0.25, 0.3) is 11.6 Å². The SMILES string of the molecule is O=C1CN(C(=O)COC(=O)c2ccccc2C(=O)c2ccc(Cl)c([N+](=O)[O-])c2)c2ccccc2N1. The molecule has 4 rings (SSSR count). The number of nitrogens with zero attached hydrogens (tertiary/aromatic N) is 2. The number of fused-ring (bicyclic) bond motifs is 1. The van der Waals surface area contributed by atoms with E-state index in [9.17, 15) is 29.3 Å². The lowest BCUT2D eigenvalue weighted by Gasteiger charge is -2.28. The van der Waals surface area contributed by atoms with Crippen molar-refractivity contribution in [2.24, 2.45) is 0 Å². The number of carbonyl (C=O) groups excluding carboxylic acids is 4. The van der Waals surface area contributed by atoms with Gasteiger partial charge in [-0.15, -0.1) is 0 Å². The van der Waals surface area contributed by atoms with E-state index in [1.54, 1.807) is 24.3 Å². The number of nitro benzene ring substituents is 1. The monoisotopic (exact) mass is 493 g/mol. The van der Waals surface area contributed by atoms with E-state index in [1.807, 2.05) is 0 Å². The molecule has 2 amide bonds. The molecular formula is C24H16ClN3O7. The Kier molecular flexibility index (Phi) is 6.56. The van der Waals surface area contributed by atoms with E-state index < -0.39 is 40.8 Å². The first kappa shape index (κ1) is 23.6. The summed E-state index contributed by atoms with van der Waals surface area (Å²) >= 11 is 5.81. The van der Waals surface area contributed by atoms with Crippen molar-refractivity contribution in [1.29, 1.82) is 0 Å². The lowest BCUT2D eigenvalue weighted by Crippen LogP contribution is -2.44. The Morgan fingerprint density at radius 3 is 2.46 bits per heavy atom. The van der Waals surface area contributed by atoms with Gasteiger partial charge >= 0.3 is 5.97 Å². The molecule has 0 bridgehead atoms. The number of ketones is 1. The van der Waals surface area contributed by atoms with E-state index in [4.69, 9.17) is 16.3 Å². The fourth-order valence-corrected chi connectivity index (χ4v) is 3.73. The van der Waals surface area contributed by atoms with Gasteiger partial charge in [0.2, 0.25) is 5.91 Å². The van der Waals surface area contributed by atoms with Gasteiger partial charge in [-0.05, 0) is 30.3 Å². The third-order valence-electron chi connectivity index (χ3n) is 5.20. The first-order chi connectivity index (χ1) is 16.8. The summed E-state index contributed by atoms with van der Waals surface area (Å²) in [6, 6.07) is 16.0. The maximum absolute atomic E-state index is 13.0. The lowest BCUT2D eigenvalue weighted by molar-refractivity contribution is -0.384. The van der Waals surface area contributed by atoms with Crippen molar-refractivity contribution >= 4 is 52.2 Å². The standard InChI is InChI=1S/C24H16ClN3O7/c25-17-10-9-14(11-20(17)28(33)34)23(31)15-5-1-2-6-16(15)24(32)35-13-22(30)27-12-21(29)26-18-7-3-4-8-19(18)27/h1-11H,12-13H2,(H,26,29). The number of esters is 1. The van der Waals surface area contributed by atoms with Gasteiger partial charge in [-0.2, -0.15) is 0 Å². The fraction of sp³-hybridized carbons (Fsp3) is 0.0833. The number of carbonyl (C=O) groups is 4. The Hall–Kier alpha value is -4.57. The number of amides is 2. The molecule has 0 unspecified atom stereocenters. The van der Waals surface area contributed by atoms with Gasteiger partial charge in [-0.3, -0.25) is 29.4 Å². The van der Waals surface area contributed by atoms with Gasteiger partial charge in [0.05, 0.1) is 21.9 Å². The van der Waals surface area contributed by atoms with Crippen LogP contribution in [0.4, 0.5) is 17.1 Å². The number of ether oxygens (including phenoxy) is 1. The van der Waals surface area contributed by atoms with Crippen LogP contribution in [-0.4, -0.2) is 41.6 Å². The number of halogens is 1. The molecule has 11 heteroatoms. The van der Waals surface area contributed by atoms with Crippen LogP contribution in [0, 0.1) is 10.1 Å². The predicted molar refractivity (Wildman–Crippen MR) is 126 cm³/mol. The average molecular weight is 494 g/mol. The van der Waals surface area contributed by atoms with E-state index in [2.05, 4.69) is 5.32 Å². The van der Waals surface area contributed by atoms with Crippen molar-refractivity contribution in [3.05, 3.63) is 98.6 Å². The van der Waals surface area contributed by atoms with Gasteiger partial charge in [0.15, 0.2) is 12.4 Å². The Morgan fingerprint density at radius 1 is 1.03 bits per heavy atom. The molecule has 1 aliphatic rings. The minimum atomic E-state index is -0.944. The van der Waals surface area contributed by atoms with Crippen LogP contribution in [0.25, 0.3) is 0 Å². The van der Waals surface area contributed by atoms with Crippen LogP contribution in [0.5, 0.6) is 0 Å². The summed E-state index contributed by atoms with van der Waals surface area (Å²) in [5.41, 5.74) is 0.232. The molecular weight excluding hydrogens is 478 g/mol. The zero-order valence-corrected chi connectivity index (χ0v) is 18.7. The predicted octanol–water partition coefficient (Wildman–Crippen LogP) is 3.62. The first-order valence-corrected chi connectivity index (χ1v) is 10.6. The molecule has 0 saturated carbocycles. The van der Waals surface area contributed by atoms with E-state index in [-0.39, 0.29) is 28.3 Å². The molecule has 3 aromatic rings. The van der Waals surface area contributed by atoms with Crippen molar-refractivity contribution < 1.29 is 28.8 Å². The van der Waals surface area contributed by atoms with Crippen LogP contribution >= 0.6 is 11.6 Å². The van der Waals surface area contributed by atoms with Crippen LogP contribution in [0.2, 0.25) is 5.02 Å². The van der Waals surface area contributed by atoms with Crippen LogP contribution in [-0.2, 0) is 14.3 Å². The summed E-state index contributed by atoms with van der Waals surface area (Å²) in [5, 5.41) is 13.7. The summed E-state index contributed by atoms with van der Waals surface area (Å²) in [6.45, 7) is -0.910. The van der Waals surface area contributed by atoms with E-state index >= 15 is 0 Å². The van der Waals surface area contributed by atoms with Crippen LogP contribution < -0.4 is 10.2 Å². The maximum Gasteiger partial charge on any atom is 0.339 e. The normalized spacial score (nSPS) is 12.4. The van der Waals surface area contributed by atoms with Gasteiger partial charge in [0, 0.05) is 17.2 Å². The van der Waals surface area contributed by atoms with Crippen LogP contribution in [0.1, 0.15) is 26.3 Å². The second kappa shape index (κ2) is 9.74. The van der Waals surface area contributed by atoms with Crippen LogP contribution in [0.3, 0.4) is 0 Å². The molecule has 1 aliphatic heterocycles. The summed E-state index contributed by atoms with van der Waals surface area (Å²) in [5.74, 6) is -2.63. The van der Waals surface area contributed by atoms with Crippen LogP contribution in [0.15, 0.2) is 66.7 Å². The average Bonchev–Trinajstić information content (AvgIpc) is 2.86. The Balaban J connectivity index is 1.53. The number of nitrogens with one attached hydrogen (secondary N) is 1. The largest absolute Gasteiger partial charge is 0.452 e. The highest BCUT2D eigenvalue weighted by Gasteiger charge is 2.28. The van der Waals surface area contributed by atoms with Gasteiger partial charge < -0.3 is 10.1 Å². The molecule has 1 N–H and O–H groups in total. The van der Waals surface area contributed by atoms with Crippen molar-refractivity contribution in [3.8, 4) is 0 Å². The second-order valence-corrected chi connectivity index (χ2v) is 7.83. The van der Waals surface area contributed by atoms with E-state index in [1.165, 1.54) is 41.3 Å². The Morgan fingerprint density at radius 2 is 1.71 bits per heavy atom. The lowest BCUT2D eigenvalue weighted by atomic mass is 9.98. The summed E-state index contributed by atoms with van der Waals surface area (Å²) in [6.07, 6.45) is 0. The van der Waals surface area contributed by atoms with Crippen molar-refractivity contribution in [3.63, 3.8) is 0 Å². The number of anilines is 2. The first-order valence-electron chi connectivity index (χ1n) is 10.2. The fourth-order valence-electron chi connectivity index (χ4n) is 3.55. The zero-order chi connectivity index (χ0) is 25.1. The van der Waals surface area contributed by atoms with Crippen molar-refractivity contribution in [2.45, 2.75) is 0 Å². The van der Waals surface area contributed by atoms with Gasteiger partial charge in [-0.25, -0.2) is 4.79 Å². The Bertz CT molecular complexity index is 1390. The molecule has 35 heavy (non-hydrogen) atoms. The molecule has 0 saturated heterocycles. The molecule has 10 nitrogen and oxygen atoms in total. The van der Waals surface area contributed by atoms with Gasteiger partial charge in [0.1, 0.15) is 11.6 Å². The molecule has 176 valence electrons. The topological polar surface area (TPSA) is 136 Å². The zero-order valence-electron chi connectivity index (χ0n) is 17.9. The molecule has 3 aromatic carbocycles.